The van der Waals surface area contributed by atoms with E-state index in [1.165, 1.54) is 6.20 Å². The van der Waals surface area contributed by atoms with E-state index in [-0.39, 0.29) is 35.8 Å². The molecule has 3 heterocycles. The number of aromatic nitrogens is 4. The summed E-state index contributed by atoms with van der Waals surface area (Å²) in [6.45, 7) is 0. The molecule has 11 heteroatoms. The zero-order chi connectivity index (χ0) is 25.2. The van der Waals surface area contributed by atoms with Gasteiger partial charge >= 0.3 is 0 Å². The van der Waals surface area contributed by atoms with Gasteiger partial charge in [-0.2, -0.15) is 9.61 Å². The number of ether oxygens (including phenoxy) is 2. The number of rotatable bonds is 8. The molecule has 3 N–H and O–H groups in total. The van der Waals surface area contributed by atoms with Crippen molar-refractivity contribution in [2.75, 3.05) is 31.9 Å². The van der Waals surface area contributed by atoms with Crippen molar-refractivity contribution < 1.29 is 14.3 Å². The highest BCUT2D eigenvalue weighted by atomic mass is 16.5. The molecule has 0 aromatic carbocycles. The molecule has 192 valence electrons. The molecular weight excluding hydrogens is 462 g/mol. The molecule has 0 spiro atoms. The number of fused-ring (bicyclic) bond motifs is 1. The van der Waals surface area contributed by atoms with Crippen molar-refractivity contribution in [2.45, 2.75) is 62.8 Å². The summed E-state index contributed by atoms with van der Waals surface area (Å²) in [4.78, 5) is 31.0. The number of hydrogen-bond acceptors (Lipinski definition) is 8. The van der Waals surface area contributed by atoms with Crippen molar-refractivity contribution in [3.63, 3.8) is 0 Å². The van der Waals surface area contributed by atoms with Gasteiger partial charge in [0.25, 0.3) is 11.5 Å². The quantitative estimate of drug-likeness (QED) is 0.436. The summed E-state index contributed by atoms with van der Waals surface area (Å²) in [6, 6.07) is 5.43. The van der Waals surface area contributed by atoms with Crippen molar-refractivity contribution in [1.82, 2.24) is 24.5 Å². The maximum Gasteiger partial charge on any atom is 0.274 e. The highest BCUT2D eigenvalue weighted by Gasteiger charge is 2.33. The van der Waals surface area contributed by atoms with Crippen LogP contribution in [0.2, 0.25) is 0 Å². The van der Waals surface area contributed by atoms with Crippen LogP contribution in [-0.2, 0) is 9.47 Å². The second kappa shape index (κ2) is 10.3. The van der Waals surface area contributed by atoms with E-state index in [9.17, 15) is 9.59 Å². The summed E-state index contributed by atoms with van der Waals surface area (Å²) < 4.78 is 14.3. The first-order valence-corrected chi connectivity index (χ1v) is 12.4. The van der Waals surface area contributed by atoms with Gasteiger partial charge < -0.3 is 30.0 Å². The summed E-state index contributed by atoms with van der Waals surface area (Å²) in [5.74, 6) is 0.815. The summed E-state index contributed by atoms with van der Waals surface area (Å²) >= 11 is 0. The fraction of sp³-hybridized carbons (Fsp3) is 0.520. The Morgan fingerprint density at radius 2 is 2.03 bits per heavy atom. The second-order valence-electron chi connectivity index (χ2n) is 9.44. The molecule has 0 bridgehead atoms. The van der Waals surface area contributed by atoms with E-state index >= 15 is 0 Å². The van der Waals surface area contributed by atoms with Crippen LogP contribution in [0.1, 0.15) is 54.9 Å². The topological polar surface area (TPSA) is 124 Å². The summed E-state index contributed by atoms with van der Waals surface area (Å²) in [5, 5.41) is 13.6. The van der Waals surface area contributed by atoms with E-state index in [0.29, 0.717) is 28.5 Å². The lowest BCUT2D eigenvalue weighted by atomic mass is 9.89. The largest absolute Gasteiger partial charge is 0.381 e. The summed E-state index contributed by atoms with van der Waals surface area (Å²) in [7, 11) is 5.14. The lowest BCUT2D eigenvalue weighted by molar-refractivity contribution is 0.00732. The minimum atomic E-state index is -0.254. The highest BCUT2D eigenvalue weighted by molar-refractivity contribution is 6.00. The summed E-state index contributed by atoms with van der Waals surface area (Å²) in [6.07, 6.45) is 9.12. The van der Waals surface area contributed by atoms with Gasteiger partial charge in [0, 0.05) is 39.6 Å². The smallest absolute Gasteiger partial charge is 0.274 e. The van der Waals surface area contributed by atoms with E-state index in [1.54, 1.807) is 42.5 Å². The normalized spacial score (nSPS) is 23.8. The molecule has 2 saturated carbocycles. The molecule has 3 aromatic heterocycles. The van der Waals surface area contributed by atoms with Gasteiger partial charge in [0.05, 0.1) is 24.4 Å². The molecular formula is C25H33N7O4. The van der Waals surface area contributed by atoms with Crippen molar-refractivity contribution in [3.8, 4) is 0 Å². The number of carbonyl (C=O) groups excluding carboxylic acids is 1. The number of nitrogens with one attached hydrogen (secondary N) is 3. The molecule has 11 nitrogen and oxygen atoms in total. The molecule has 0 aliphatic heterocycles. The Bertz CT molecular complexity index is 1300. The fourth-order valence-corrected chi connectivity index (χ4v) is 5.15. The van der Waals surface area contributed by atoms with E-state index in [0.717, 1.165) is 38.5 Å². The van der Waals surface area contributed by atoms with E-state index < -0.39 is 0 Å². The van der Waals surface area contributed by atoms with Gasteiger partial charge in [0.15, 0.2) is 5.65 Å². The number of anilines is 3. The zero-order valence-electron chi connectivity index (χ0n) is 20.9. The molecule has 0 unspecified atom stereocenters. The third-order valence-corrected chi connectivity index (χ3v) is 7.37. The van der Waals surface area contributed by atoms with Gasteiger partial charge in [0.1, 0.15) is 22.9 Å². The molecule has 4 atom stereocenters. The lowest BCUT2D eigenvalue weighted by Gasteiger charge is -2.35. The number of amides is 1. The van der Waals surface area contributed by atoms with E-state index in [4.69, 9.17) is 9.47 Å². The van der Waals surface area contributed by atoms with Crippen LogP contribution in [0.25, 0.3) is 5.65 Å². The van der Waals surface area contributed by atoms with Crippen LogP contribution >= 0.6 is 0 Å². The highest BCUT2D eigenvalue weighted by Crippen LogP contribution is 2.29. The molecule has 0 saturated heterocycles. The Balaban J connectivity index is 1.43. The Morgan fingerprint density at radius 1 is 1.17 bits per heavy atom. The van der Waals surface area contributed by atoms with Gasteiger partial charge in [-0.3, -0.25) is 9.59 Å². The molecule has 2 aliphatic rings. The third kappa shape index (κ3) is 4.56. The van der Waals surface area contributed by atoms with Crippen LogP contribution in [0, 0.1) is 0 Å². The van der Waals surface area contributed by atoms with Crippen LogP contribution in [-0.4, -0.2) is 64.6 Å². The minimum Gasteiger partial charge on any atom is -0.381 e. The van der Waals surface area contributed by atoms with Gasteiger partial charge in [-0.05, 0) is 50.7 Å². The van der Waals surface area contributed by atoms with E-state index in [2.05, 4.69) is 26.0 Å². The molecule has 3 aromatic rings. The first kappa shape index (κ1) is 24.3. The molecule has 5 rings (SSSR count). The second-order valence-corrected chi connectivity index (χ2v) is 9.44. The van der Waals surface area contributed by atoms with Crippen LogP contribution in [0.15, 0.2) is 35.4 Å². The molecule has 0 radical (unpaired) electrons. The van der Waals surface area contributed by atoms with Gasteiger partial charge in [-0.15, -0.1) is 0 Å². The van der Waals surface area contributed by atoms with Gasteiger partial charge in [-0.25, -0.2) is 4.98 Å². The number of nitrogens with zero attached hydrogens (tertiary/aromatic N) is 4. The maximum atomic E-state index is 13.4. The Morgan fingerprint density at radius 3 is 2.75 bits per heavy atom. The Labute approximate surface area is 209 Å². The predicted molar refractivity (Wildman–Crippen MR) is 136 cm³/mol. The molecule has 2 fully saturated rings. The fourth-order valence-electron chi connectivity index (χ4n) is 5.15. The van der Waals surface area contributed by atoms with Crippen molar-refractivity contribution in [3.05, 3.63) is 46.5 Å². The average Bonchev–Trinajstić information content (AvgIpc) is 3.31. The SMILES string of the molecule is CNc1cc(Nc2cccn([C@@H]3CCC[C@H](OC)C3)c2=O)nc2c(C(=O)N[C@@H]3CC[C@H]3OC)cnn12. The number of carbonyl (C=O) groups is 1. The first-order chi connectivity index (χ1) is 17.5. The summed E-state index contributed by atoms with van der Waals surface area (Å²) in [5.41, 5.74) is 1.05. The monoisotopic (exact) mass is 495 g/mol. The lowest BCUT2D eigenvalue weighted by Crippen LogP contribution is -2.51. The number of pyridine rings is 1. The van der Waals surface area contributed by atoms with E-state index in [1.807, 2.05) is 12.3 Å². The van der Waals surface area contributed by atoms with Crippen LogP contribution in [0.3, 0.4) is 0 Å². The Kier molecular flexibility index (Phi) is 6.92. The maximum absolute atomic E-state index is 13.4. The van der Waals surface area contributed by atoms with Crippen molar-refractivity contribution in [1.29, 1.82) is 0 Å². The number of methoxy groups -OCH3 is 2. The van der Waals surface area contributed by atoms with Crippen LogP contribution < -0.4 is 21.5 Å². The average molecular weight is 496 g/mol. The molecule has 1 amide bonds. The Hall–Kier alpha value is -3.44. The molecule has 36 heavy (non-hydrogen) atoms. The van der Waals surface area contributed by atoms with Crippen LogP contribution in [0.5, 0.6) is 0 Å². The first-order valence-electron chi connectivity index (χ1n) is 12.4. The predicted octanol–water partition coefficient (Wildman–Crippen LogP) is 2.71. The van der Waals surface area contributed by atoms with Gasteiger partial charge in [0.2, 0.25) is 0 Å². The van der Waals surface area contributed by atoms with Crippen molar-refractivity contribution >= 4 is 28.9 Å². The molecule has 2 aliphatic carbocycles. The van der Waals surface area contributed by atoms with Crippen LogP contribution in [0.4, 0.5) is 17.3 Å². The van der Waals surface area contributed by atoms with Gasteiger partial charge in [-0.1, -0.05) is 0 Å². The zero-order valence-corrected chi connectivity index (χ0v) is 20.9. The van der Waals surface area contributed by atoms with Crippen molar-refractivity contribution in [2.24, 2.45) is 0 Å². The number of hydrogen-bond donors (Lipinski definition) is 3. The third-order valence-electron chi connectivity index (χ3n) is 7.37. The minimum absolute atomic E-state index is 0.0252. The standard InChI is InChI=1S/C25H33N7O4/c1-26-22-13-21(28-19-8-5-11-31(25(19)34)15-6-4-7-16(12-15)35-2)30-23-17(14-27-32(22)23)24(33)29-18-9-10-20(18)36-3/h5,8,11,13-16,18,20,26H,4,6-7,9-10,12H2,1-3H3,(H,28,30)(H,29,33)/t15-,16+,18-,20-/m1/s1.